The Morgan fingerprint density at radius 3 is 1.96 bits per heavy atom. The van der Waals surface area contributed by atoms with E-state index in [-0.39, 0.29) is 0 Å². The van der Waals surface area contributed by atoms with E-state index in [1.165, 1.54) is 36.1 Å². The molecule has 0 saturated heterocycles. The number of unbranched alkanes of at least 4 members (excludes halogenated alkanes) is 1. The third-order valence-corrected chi connectivity index (χ3v) is 8.03. The van der Waals surface area contributed by atoms with E-state index in [0.717, 1.165) is 0 Å². The molecular formula is C22H26Si. The highest BCUT2D eigenvalue weighted by molar-refractivity contribution is 6.91. The van der Waals surface area contributed by atoms with Gasteiger partial charge in [-0.3, -0.25) is 0 Å². The van der Waals surface area contributed by atoms with Crippen molar-refractivity contribution in [1.29, 1.82) is 0 Å². The van der Waals surface area contributed by atoms with Gasteiger partial charge in [0.15, 0.2) is 0 Å². The van der Waals surface area contributed by atoms with E-state index in [9.17, 15) is 0 Å². The van der Waals surface area contributed by atoms with Crippen molar-refractivity contribution >= 4 is 19.2 Å². The van der Waals surface area contributed by atoms with E-state index in [0.29, 0.717) is 0 Å². The fourth-order valence-corrected chi connectivity index (χ4v) is 6.90. The van der Waals surface area contributed by atoms with Crippen LogP contribution >= 0.6 is 0 Å². The van der Waals surface area contributed by atoms with Crippen molar-refractivity contribution in [1.82, 2.24) is 0 Å². The van der Waals surface area contributed by atoms with Crippen molar-refractivity contribution in [2.24, 2.45) is 0 Å². The molecule has 3 rings (SSSR count). The van der Waals surface area contributed by atoms with Gasteiger partial charge in [-0.2, -0.15) is 0 Å². The molecular weight excluding hydrogens is 292 g/mol. The Balaban J connectivity index is 1.95. The van der Waals surface area contributed by atoms with Crippen LogP contribution < -0.4 is 10.4 Å². The molecule has 0 N–H and O–H groups in total. The van der Waals surface area contributed by atoms with Crippen molar-refractivity contribution in [3.8, 4) is 0 Å². The van der Waals surface area contributed by atoms with Crippen LogP contribution in [-0.4, -0.2) is 8.80 Å². The molecule has 0 aromatic heterocycles. The highest BCUT2D eigenvalue weighted by atomic mass is 28.3. The van der Waals surface area contributed by atoms with E-state index >= 15 is 0 Å². The Morgan fingerprint density at radius 2 is 1.43 bits per heavy atom. The van der Waals surface area contributed by atoms with Crippen LogP contribution in [0.1, 0.15) is 39.5 Å². The Kier molecular flexibility index (Phi) is 5.30. The van der Waals surface area contributed by atoms with Crippen LogP contribution in [0.15, 0.2) is 83.1 Å². The van der Waals surface area contributed by atoms with Gasteiger partial charge in [-0.1, -0.05) is 101 Å². The number of rotatable bonds is 6. The maximum Gasteiger partial charge on any atom is 0.128 e. The largest absolute Gasteiger partial charge is 0.128 e. The highest BCUT2D eigenvalue weighted by Gasteiger charge is 2.24. The summed E-state index contributed by atoms with van der Waals surface area (Å²) >= 11 is 0. The Hall–Kier alpha value is -1.86. The monoisotopic (exact) mass is 318 g/mol. The summed E-state index contributed by atoms with van der Waals surface area (Å²) in [7, 11) is -1.29. The molecule has 0 bridgehead atoms. The number of allylic oxidation sites excluding steroid dienone is 4. The molecule has 0 fully saturated rings. The smallest absolute Gasteiger partial charge is 0.0700 e. The first-order valence-electron chi connectivity index (χ1n) is 8.78. The Labute approximate surface area is 142 Å². The van der Waals surface area contributed by atoms with Crippen LogP contribution in [-0.2, 0) is 0 Å². The lowest BCUT2D eigenvalue weighted by molar-refractivity contribution is 0.794. The normalized spacial score (nSPS) is 14.5. The number of benzene rings is 2. The molecule has 1 aliphatic carbocycles. The number of hydrogen-bond donors (Lipinski definition) is 0. The lowest BCUT2D eigenvalue weighted by atomic mass is 10.1. The summed E-state index contributed by atoms with van der Waals surface area (Å²) in [6.07, 6.45) is 7.55. The molecule has 0 radical (unpaired) electrons. The van der Waals surface area contributed by atoms with E-state index in [1.807, 2.05) is 0 Å². The third-order valence-electron chi connectivity index (χ3n) is 4.81. The molecule has 0 nitrogen and oxygen atoms in total. The molecule has 0 spiro atoms. The first kappa shape index (κ1) is 16.0. The second-order valence-corrected chi connectivity index (χ2v) is 9.50. The molecule has 118 valence electrons. The van der Waals surface area contributed by atoms with Crippen molar-refractivity contribution in [2.75, 3.05) is 0 Å². The van der Waals surface area contributed by atoms with E-state index in [1.54, 1.807) is 16.3 Å². The summed E-state index contributed by atoms with van der Waals surface area (Å²) in [5.74, 6) is 0. The molecule has 0 heterocycles. The lowest BCUT2D eigenvalue weighted by Crippen LogP contribution is -2.43. The molecule has 23 heavy (non-hydrogen) atoms. The van der Waals surface area contributed by atoms with Gasteiger partial charge in [-0.15, -0.1) is 0 Å². The molecule has 0 aliphatic heterocycles. The average molecular weight is 319 g/mol. The molecule has 0 atom stereocenters. The van der Waals surface area contributed by atoms with Crippen molar-refractivity contribution in [3.63, 3.8) is 0 Å². The standard InChI is InChI=1S/C22H26Si/c1-3-4-11-19-17-22(16-18(19)2)23(20-12-7-5-8-13-20)21-14-9-6-10-15-21/h5-10,12-15,17,23H,3-4,11,16H2,1-2H3. The van der Waals surface area contributed by atoms with Gasteiger partial charge in [0.1, 0.15) is 8.80 Å². The van der Waals surface area contributed by atoms with Crippen molar-refractivity contribution in [3.05, 3.63) is 83.1 Å². The van der Waals surface area contributed by atoms with Gasteiger partial charge in [-0.05, 0) is 31.8 Å². The maximum atomic E-state index is 2.54. The summed E-state index contributed by atoms with van der Waals surface area (Å²) in [6.45, 7) is 4.61. The SMILES string of the molecule is CCCCC1=C(C)CC([SiH](c2ccccc2)c2ccccc2)=C1. The summed E-state index contributed by atoms with van der Waals surface area (Å²) < 4.78 is 0. The first-order valence-corrected chi connectivity index (χ1v) is 10.5. The molecule has 0 unspecified atom stereocenters. The fraction of sp³-hybridized carbons (Fsp3) is 0.273. The molecule has 0 saturated carbocycles. The fourth-order valence-electron chi connectivity index (χ4n) is 3.57. The van der Waals surface area contributed by atoms with Gasteiger partial charge >= 0.3 is 0 Å². The van der Waals surface area contributed by atoms with Gasteiger partial charge < -0.3 is 0 Å². The Morgan fingerprint density at radius 1 is 0.870 bits per heavy atom. The van der Waals surface area contributed by atoms with Crippen LogP contribution in [0.5, 0.6) is 0 Å². The van der Waals surface area contributed by atoms with Crippen LogP contribution in [0, 0.1) is 0 Å². The summed E-state index contributed by atoms with van der Waals surface area (Å²) in [5, 5.41) is 4.76. The van der Waals surface area contributed by atoms with Gasteiger partial charge in [0.05, 0.1) is 0 Å². The molecule has 1 aliphatic rings. The predicted molar refractivity (Wildman–Crippen MR) is 104 cm³/mol. The Bertz CT molecular complexity index is 656. The van der Waals surface area contributed by atoms with Gasteiger partial charge in [-0.25, -0.2) is 0 Å². The van der Waals surface area contributed by atoms with Crippen molar-refractivity contribution in [2.45, 2.75) is 39.5 Å². The van der Waals surface area contributed by atoms with Crippen LogP contribution in [0.25, 0.3) is 0 Å². The molecule has 1 heteroatoms. The first-order chi connectivity index (χ1) is 11.3. The zero-order valence-electron chi connectivity index (χ0n) is 14.3. The topological polar surface area (TPSA) is 0 Å². The summed E-state index contributed by atoms with van der Waals surface area (Å²) in [6, 6.07) is 22.3. The lowest BCUT2D eigenvalue weighted by Gasteiger charge is -2.18. The minimum Gasteiger partial charge on any atom is -0.0700 e. The minimum atomic E-state index is -1.29. The molecule has 2 aromatic carbocycles. The number of hydrogen-bond acceptors (Lipinski definition) is 0. The van der Waals surface area contributed by atoms with Crippen LogP contribution in [0.2, 0.25) is 0 Å². The second kappa shape index (κ2) is 7.61. The van der Waals surface area contributed by atoms with E-state index in [4.69, 9.17) is 0 Å². The third kappa shape index (κ3) is 3.73. The zero-order valence-corrected chi connectivity index (χ0v) is 15.4. The van der Waals surface area contributed by atoms with Gasteiger partial charge in [0, 0.05) is 0 Å². The zero-order chi connectivity index (χ0) is 16.1. The predicted octanol–water partition coefficient (Wildman–Crippen LogP) is 4.40. The van der Waals surface area contributed by atoms with E-state index < -0.39 is 8.80 Å². The summed E-state index contributed by atoms with van der Waals surface area (Å²) in [5.41, 5.74) is 3.20. The van der Waals surface area contributed by atoms with Gasteiger partial charge in [0.25, 0.3) is 0 Å². The van der Waals surface area contributed by atoms with Crippen LogP contribution in [0.3, 0.4) is 0 Å². The van der Waals surface area contributed by atoms with Gasteiger partial charge in [0.2, 0.25) is 0 Å². The van der Waals surface area contributed by atoms with E-state index in [2.05, 4.69) is 80.6 Å². The highest BCUT2D eigenvalue weighted by Crippen LogP contribution is 2.29. The van der Waals surface area contributed by atoms with Crippen LogP contribution in [0.4, 0.5) is 0 Å². The maximum absolute atomic E-state index is 2.54. The minimum absolute atomic E-state index is 1.18. The quantitative estimate of drug-likeness (QED) is 0.692. The summed E-state index contributed by atoms with van der Waals surface area (Å²) in [4.78, 5) is 0. The molecule has 0 amide bonds. The average Bonchev–Trinajstić information content (AvgIpc) is 2.95. The second-order valence-electron chi connectivity index (χ2n) is 6.56. The van der Waals surface area contributed by atoms with Crippen molar-refractivity contribution < 1.29 is 0 Å². The molecule has 2 aromatic rings.